The van der Waals surface area contributed by atoms with E-state index in [9.17, 15) is 14.4 Å². The van der Waals surface area contributed by atoms with Crippen molar-refractivity contribution in [3.8, 4) is 5.69 Å². The summed E-state index contributed by atoms with van der Waals surface area (Å²) < 4.78 is 1.49. The fourth-order valence-electron chi connectivity index (χ4n) is 3.11. The van der Waals surface area contributed by atoms with E-state index < -0.39 is 0 Å². The van der Waals surface area contributed by atoms with E-state index in [1.807, 2.05) is 30.3 Å². The van der Waals surface area contributed by atoms with Gasteiger partial charge in [0, 0.05) is 24.5 Å². The number of nitrogens with one attached hydrogen (secondary N) is 2. The molecule has 0 saturated heterocycles. The van der Waals surface area contributed by atoms with Gasteiger partial charge >= 0.3 is 0 Å². The normalized spacial score (nSPS) is 10.7. The Morgan fingerprint density at radius 2 is 1.72 bits per heavy atom. The van der Waals surface area contributed by atoms with Crippen molar-refractivity contribution in [3.63, 3.8) is 0 Å². The van der Waals surface area contributed by atoms with Crippen molar-refractivity contribution < 1.29 is 9.59 Å². The number of carbonyl (C=O) groups excluding carboxylic acids is 2. The van der Waals surface area contributed by atoms with Crippen LogP contribution in [0, 0.1) is 0 Å². The smallest absolute Gasteiger partial charge is 0.268 e. The zero-order valence-corrected chi connectivity index (χ0v) is 17.9. The SMILES string of the molecule is CC(=O)Nc1cccc(NC(=O)CSc2nc3ncccc3c(=O)n2-c2ccccc2)c1. The van der Waals surface area contributed by atoms with E-state index in [4.69, 9.17) is 0 Å². The van der Waals surface area contributed by atoms with Crippen molar-refractivity contribution in [3.05, 3.63) is 83.3 Å². The number of carbonyl (C=O) groups is 2. The van der Waals surface area contributed by atoms with Gasteiger partial charge < -0.3 is 10.6 Å². The first kappa shape index (κ1) is 21.3. The number of anilines is 2. The summed E-state index contributed by atoms with van der Waals surface area (Å²) in [4.78, 5) is 45.7. The number of thioether (sulfide) groups is 1. The number of amides is 2. The Bertz CT molecular complexity index is 1350. The lowest BCUT2D eigenvalue weighted by atomic mass is 10.2. The maximum atomic E-state index is 13.1. The number of hydrogen-bond acceptors (Lipinski definition) is 6. The van der Waals surface area contributed by atoms with Crippen molar-refractivity contribution in [1.29, 1.82) is 0 Å². The van der Waals surface area contributed by atoms with Crippen LogP contribution in [0.4, 0.5) is 11.4 Å². The largest absolute Gasteiger partial charge is 0.326 e. The molecular weight excluding hydrogens is 426 g/mol. The van der Waals surface area contributed by atoms with Gasteiger partial charge in [0.2, 0.25) is 11.8 Å². The number of aromatic nitrogens is 3. The van der Waals surface area contributed by atoms with Crippen LogP contribution in [0.2, 0.25) is 0 Å². The molecule has 0 spiro atoms. The summed E-state index contributed by atoms with van der Waals surface area (Å²) in [5.74, 6) is -0.439. The van der Waals surface area contributed by atoms with Crippen LogP contribution in [0.3, 0.4) is 0 Å². The predicted molar refractivity (Wildman–Crippen MR) is 125 cm³/mol. The Morgan fingerprint density at radius 3 is 2.47 bits per heavy atom. The minimum atomic E-state index is -0.273. The highest BCUT2D eigenvalue weighted by Crippen LogP contribution is 2.21. The van der Waals surface area contributed by atoms with Crippen LogP contribution in [-0.4, -0.2) is 32.1 Å². The number of para-hydroxylation sites is 1. The third-order valence-electron chi connectivity index (χ3n) is 4.43. The maximum absolute atomic E-state index is 13.1. The average Bonchev–Trinajstić information content (AvgIpc) is 2.78. The van der Waals surface area contributed by atoms with Crippen LogP contribution in [0.15, 0.2) is 82.9 Å². The van der Waals surface area contributed by atoms with Crippen LogP contribution in [-0.2, 0) is 9.59 Å². The second kappa shape index (κ2) is 9.44. The summed E-state index contributed by atoms with van der Waals surface area (Å²) in [6, 6.07) is 19.4. The van der Waals surface area contributed by atoms with Gasteiger partial charge in [-0.1, -0.05) is 36.0 Å². The van der Waals surface area contributed by atoms with Crippen molar-refractivity contribution in [1.82, 2.24) is 14.5 Å². The second-order valence-corrected chi connectivity index (χ2v) is 7.79. The highest BCUT2D eigenvalue weighted by molar-refractivity contribution is 7.99. The molecule has 0 unspecified atom stereocenters. The van der Waals surface area contributed by atoms with Crippen molar-refractivity contribution in [2.45, 2.75) is 12.1 Å². The Morgan fingerprint density at radius 1 is 0.969 bits per heavy atom. The first-order valence-corrected chi connectivity index (χ1v) is 10.7. The Kier molecular flexibility index (Phi) is 6.27. The highest BCUT2D eigenvalue weighted by atomic mass is 32.2. The molecule has 0 bridgehead atoms. The molecule has 9 heteroatoms. The van der Waals surface area contributed by atoms with Crippen LogP contribution in [0.25, 0.3) is 16.7 Å². The van der Waals surface area contributed by atoms with Crippen molar-refractivity contribution >= 4 is 46.0 Å². The molecule has 2 amide bonds. The quantitative estimate of drug-likeness (QED) is 0.348. The fourth-order valence-corrected chi connectivity index (χ4v) is 3.91. The zero-order chi connectivity index (χ0) is 22.5. The molecule has 0 atom stereocenters. The topological polar surface area (TPSA) is 106 Å². The van der Waals surface area contributed by atoms with Gasteiger partial charge in [0.1, 0.15) is 0 Å². The molecular formula is C23H19N5O3S. The molecule has 0 saturated carbocycles. The van der Waals surface area contributed by atoms with Crippen molar-refractivity contribution in [2.24, 2.45) is 0 Å². The van der Waals surface area contributed by atoms with Gasteiger partial charge in [-0.05, 0) is 42.5 Å². The van der Waals surface area contributed by atoms with Gasteiger partial charge in [0.25, 0.3) is 5.56 Å². The minimum Gasteiger partial charge on any atom is -0.326 e. The number of benzene rings is 2. The number of fused-ring (bicyclic) bond motifs is 1. The summed E-state index contributed by atoms with van der Waals surface area (Å²) in [5.41, 5.74) is 1.87. The van der Waals surface area contributed by atoms with E-state index in [1.54, 1.807) is 42.6 Å². The van der Waals surface area contributed by atoms with Gasteiger partial charge in [-0.15, -0.1) is 0 Å². The molecule has 2 aromatic heterocycles. The molecule has 4 rings (SSSR count). The molecule has 0 aliphatic rings. The molecule has 2 aromatic carbocycles. The van der Waals surface area contributed by atoms with Crippen LogP contribution >= 0.6 is 11.8 Å². The lowest BCUT2D eigenvalue weighted by molar-refractivity contribution is -0.114. The number of pyridine rings is 1. The van der Waals surface area contributed by atoms with Crippen LogP contribution < -0.4 is 16.2 Å². The van der Waals surface area contributed by atoms with Crippen molar-refractivity contribution in [2.75, 3.05) is 16.4 Å². The molecule has 8 nitrogen and oxygen atoms in total. The average molecular weight is 446 g/mol. The summed E-state index contributed by atoms with van der Waals surface area (Å²) in [5, 5.41) is 6.24. The number of nitrogens with zero attached hydrogens (tertiary/aromatic N) is 3. The number of rotatable bonds is 6. The Balaban J connectivity index is 1.58. The molecule has 0 aliphatic heterocycles. The zero-order valence-electron chi connectivity index (χ0n) is 17.1. The van der Waals surface area contributed by atoms with E-state index in [2.05, 4.69) is 20.6 Å². The lowest BCUT2D eigenvalue weighted by Gasteiger charge is -2.13. The van der Waals surface area contributed by atoms with E-state index in [1.165, 1.54) is 11.5 Å². The molecule has 0 aliphatic carbocycles. The van der Waals surface area contributed by atoms with Gasteiger partial charge in [-0.2, -0.15) is 0 Å². The minimum absolute atomic E-state index is 0.0297. The molecule has 2 N–H and O–H groups in total. The van der Waals surface area contributed by atoms with Crippen LogP contribution in [0.5, 0.6) is 0 Å². The van der Waals surface area contributed by atoms with Gasteiger partial charge in [-0.3, -0.25) is 19.0 Å². The third kappa shape index (κ3) is 4.84. The lowest BCUT2D eigenvalue weighted by Crippen LogP contribution is -2.23. The third-order valence-corrected chi connectivity index (χ3v) is 5.37. The first-order chi connectivity index (χ1) is 15.5. The summed E-state index contributed by atoms with van der Waals surface area (Å²) >= 11 is 1.14. The molecule has 0 radical (unpaired) electrons. The van der Waals surface area contributed by atoms with E-state index >= 15 is 0 Å². The van der Waals surface area contributed by atoms with E-state index in [0.717, 1.165) is 11.8 Å². The molecule has 2 heterocycles. The summed E-state index contributed by atoms with van der Waals surface area (Å²) in [7, 11) is 0. The molecule has 32 heavy (non-hydrogen) atoms. The number of hydrogen-bond donors (Lipinski definition) is 2. The summed E-state index contributed by atoms with van der Waals surface area (Å²) in [6.45, 7) is 1.42. The summed E-state index contributed by atoms with van der Waals surface area (Å²) in [6.07, 6.45) is 1.57. The highest BCUT2D eigenvalue weighted by Gasteiger charge is 2.15. The maximum Gasteiger partial charge on any atom is 0.268 e. The van der Waals surface area contributed by atoms with Gasteiger partial charge in [-0.25, -0.2) is 9.97 Å². The monoisotopic (exact) mass is 445 g/mol. The van der Waals surface area contributed by atoms with Crippen LogP contribution in [0.1, 0.15) is 6.92 Å². The van der Waals surface area contributed by atoms with E-state index in [0.29, 0.717) is 33.3 Å². The Hall–Kier alpha value is -3.98. The standard InChI is InChI=1S/C23H19N5O3S/c1-15(29)25-16-7-5-8-17(13-16)26-20(30)14-32-23-27-21-19(11-6-12-24-21)22(31)28(23)18-9-3-2-4-10-18/h2-13H,14H2,1H3,(H,25,29)(H,26,30). The van der Waals surface area contributed by atoms with E-state index in [-0.39, 0.29) is 23.1 Å². The fraction of sp³-hybridized carbons (Fsp3) is 0.0870. The Labute approximate surface area is 187 Å². The van der Waals surface area contributed by atoms with Gasteiger partial charge in [0.05, 0.1) is 16.8 Å². The second-order valence-electron chi connectivity index (χ2n) is 6.84. The molecule has 0 fully saturated rings. The first-order valence-electron chi connectivity index (χ1n) is 9.75. The predicted octanol–water partition coefficient (Wildman–Crippen LogP) is 3.47. The molecule has 4 aromatic rings. The molecule has 160 valence electrons. The van der Waals surface area contributed by atoms with Gasteiger partial charge in [0.15, 0.2) is 10.8 Å².